The zero-order valence-electron chi connectivity index (χ0n) is 13.8. The number of para-hydroxylation sites is 1. The third kappa shape index (κ3) is 5.00. The lowest BCUT2D eigenvalue weighted by Gasteiger charge is -2.18. The molecular weight excluding hydrogens is 355 g/mol. The Labute approximate surface area is 158 Å². The van der Waals surface area contributed by atoms with Gasteiger partial charge in [0.15, 0.2) is 0 Å². The highest BCUT2D eigenvalue weighted by Crippen LogP contribution is 2.24. The molecule has 130 valence electrons. The Bertz CT molecular complexity index is 762. The fourth-order valence-corrected chi connectivity index (χ4v) is 3.27. The number of rotatable bonds is 5. The monoisotopic (exact) mass is 374 g/mol. The van der Waals surface area contributed by atoms with Crippen LogP contribution in [0.4, 0.5) is 5.69 Å². The maximum absolute atomic E-state index is 12.0. The average Bonchev–Trinajstić information content (AvgIpc) is 3.11. The van der Waals surface area contributed by atoms with E-state index in [4.69, 9.17) is 23.2 Å². The molecule has 1 N–H and O–H groups in total. The average molecular weight is 375 g/mol. The number of amides is 1. The van der Waals surface area contributed by atoms with Crippen LogP contribution in [0.1, 0.15) is 12.0 Å². The molecule has 1 aliphatic rings. The van der Waals surface area contributed by atoms with Crippen molar-refractivity contribution in [3.05, 3.63) is 70.2 Å². The summed E-state index contributed by atoms with van der Waals surface area (Å²) < 4.78 is 0. The molecule has 1 heterocycles. The predicted octanol–water partition coefficient (Wildman–Crippen LogP) is 4.65. The third-order valence-corrected chi connectivity index (χ3v) is 5.08. The van der Waals surface area contributed by atoms with Crippen LogP contribution in [-0.2, 0) is 4.79 Å². The van der Waals surface area contributed by atoms with Gasteiger partial charge in [-0.2, -0.15) is 0 Å². The highest BCUT2D eigenvalue weighted by Gasteiger charge is 2.22. The van der Waals surface area contributed by atoms with Crippen molar-refractivity contribution in [2.75, 3.05) is 24.5 Å². The Kier molecular flexibility index (Phi) is 6.00. The second-order valence-corrected chi connectivity index (χ2v) is 7.00. The summed E-state index contributed by atoms with van der Waals surface area (Å²) in [6, 6.07) is 15.7. The van der Waals surface area contributed by atoms with Gasteiger partial charge in [-0.25, -0.2) is 0 Å². The highest BCUT2D eigenvalue weighted by atomic mass is 35.5. The van der Waals surface area contributed by atoms with Gasteiger partial charge < -0.3 is 10.2 Å². The lowest BCUT2D eigenvalue weighted by molar-refractivity contribution is -0.116. The summed E-state index contributed by atoms with van der Waals surface area (Å²) in [5, 5.41) is 3.97. The Hall–Kier alpha value is -1.97. The molecule has 1 atom stereocenters. The summed E-state index contributed by atoms with van der Waals surface area (Å²) in [6.45, 7) is 2.69. The first-order valence-electron chi connectivity index (χ1n) is 8.33. The van der Waals surface area contributed by atoms with Gasteiger partial charge in [0, 0.05) is 31.4 Å². The van der Waals surface area contributed by atoms with Crippen molar-refractivity contribution in [3.8, 4) is 0 Å². The van der Waals surface area contributed by atoms with E-state index in [0.29, 0.717) is 22.5 Å². The minimum absolute atomic E-state index is 0.0933. The maximum Gasteiger partial charge on any atom is 0.244 e. The molecule has 3 rings (SSSR count). The number of carbonyl (C=O) groups is 1. The molecular formula is C20H20Cl2N2O. The Balaban J connectivity index is 1.46. The molecule has 0 radical (unpaired) electrons. The van der Waals surface area contributed by atoms with Crippen LogP contribution >= 0.6 is 23.2 Å². The summed E-state index contributed by atoms with van der Waals surface area (Å²) in [7, 11) is 0. The molecule has 1 aliphatic heterocycles. The molecule has 25 heavy (non-hydrogen) atoms. The Morgan fingerprint density at radius 3 is 2.72 bits per heavy atom. The number of halogens is 2. The number of hydrogen-bond acceptors (Lipinski definition) is 2. The van der Waals surface area contributed by atoms with E-state index in [1.165, 1.54) is 11.8 Å². The molecule has 0 aromatic heterocycles. The topological polar surface area (TPSA) is 32.3 Å². The van der Waals surface area contributed by atoms with Crippen molar-refractivity contribution in [1.82, 2.24) is 5.32 Å². The zero-order valence-corrected chi connectivity index (χ0v) is 15.3. The summed E-state index contributed by atoms with van der Waals surface area (Å²) in [6.07, 6.45) is 4.36. The number of nitrogens with zero attached hydrogens (tertiary/aromatic N) is 1. The molecule has 1 unspecified atom stereocenters. The molecule has 0 bridgehead atoms. The van der Waals surface area contributed by atoms with Gasteiger partial charge in [-0.1, -0.05) is 47.5 Å². The first-order valence-corrected chi connectivity index (χ1v) is 9.08. The summed E-state index contributed by atoms with van der Waals surface area (Å²) >= 11 is 11.9. The van der Waals surface area contributed by atoms with Gasteiger partial charge in [0.25, 0.3) is 0 Å². The van der Waals surface area contributed by atoms with E-state index in [9.17, 15) is 4.79 Å². The molecule has 3 nitrogen and oxygen atoms in total. The molecule has 1 fully saturated rings. The van der Waals surface area contributed by atoms with Crippen LogP contribution in [0.2, 0.25) is 10.0 Å². The van der Waals surface area contributed by atoms with Crippen molar-refractivity contribution in [2.24, 2.45) is 5.92 Å². The van der Waals surface area contributed by atoms with E-state index in [1.807, 2.05) is 12.1 Å². The summed E-state index contributed by atoms with van der Waals surface area (Å²) in [5.41, 5.74) is 2.09. The fourth-order valence-electron chi connectivity index (χ4n) is 2.96. The van der Waals surface area contributed by atoms with Crippen molar-refractivity contribution in [3.63, 3.8) is 0 Å². The van der Waals surface area contributed by atoms with Gasteiger partial charge in [0.1, 0.15) is 0 Å². The minimum atomic E-state index is -0.0933. The van der Waals surface area contributed by atoms with Crippen molar-refractivity contribution < 1.29 is 4.79 Å². The molecule has 1 saturated heterocycles. The molecule has 1 amide bonds. The number of benzene rings is 2. The number of hydrogen-bond donors (Lipinski definition) is 1. The van der Waals surface area contributed by atoms with Crippen LogP contribution < -0.4 is 10.2 Å². The lowest BCUT2D eigenvalue weighted by Crippen LogP contribution is -2.29. The number of nitrogens with one attached hydrogen (secondary N) is 1. The van der Waals surface area contributed by atoms with Crippen LogP contribution in [-0.4, -0.2) is 25.5 Å². The van der Waals surface area contributed by atoms with Crippen LogP contribution in [0.25, 0.3) is 6.08 Å². The first-order chi connectivity index (χ1) is 12.1. The minimum Gasteiger partial charge on any atom is -0.371 e. The van der Waals surface area contributed by atoms with Crippen molar-refractivity contribution in [2.45, 2.75) is 6.42 Å². The third-order valence-electron chi connectivity index (χ3n) is 4.34. The van der Waals surface area contributed by atoms with E-state index in [1.54, 1.807) is 18.2 Å². The van der Waals surface area contributed by atoms with E-state index in [2.05, 4.69) is 34.5 Å². The summed E-state index contributed by atoms with van der Waals surface area (Å²) in [5.74, 6) is 0.381. The van der Waals surface area contributed by atoms with Gasteiger partial charge in [-0.05, 0) is 48.2 Å². The maximum atomic E-state index is 12.0. The smallest absolute Gasteiger partial charge is 0.244 e. The molecule has 0 aliphatic carbocycles. The second kappa shape index (κ2) is 8.41. The number of anilines is 1. The normalized spacial score (nSPS) is 17.2. The van der Waals surface area contributed by atoms with Gasteiger partial charge >= 0.3 is 0 Å². The first kappa shape index (κ1) is 17.8. The van der Waals surface area contributed by atoms with Crippen LogP contribution in [0.3, 0.4) is 0 Å². The Morgan fingerprint density at radius 2 is 1.96 bits per heavy atom. The molecule has 5 heteroatoms. The fraction of sp³-hybridized carbons (Fsp3) is 0.250. The van der Waals surface area contributed by atoms with Crippen molar-refractivity contribution in [1.29, 1.82) is 0 Å². The molecule has 0 saturated carbocycles. The Morgan fingerprint density at radius 1 is 1.16 bits per heavy atom. The second-order valence-electron chi connectivity index (χ2n) is 6.19. The van der Waals surface area contributed by atoms with E-state index >= 15 is 0 Å². The molecule has 2 aromatic rings. The predicted molar refractivity (Wildman–Crippen MR) is 105 cm³/mol. The van der Waals surface area contributed by atoms with E-state index in [0.717, 1.165) is 25.1 Å². The highest BCUT2D eigenvalue weighted by molar-refractivity contribution is 6.42. The summed E-state index contributed by atoms with van der Waals surface area (Å²) in [4.78, 5) is 14.4. The zero-order chi connectivity index (χ0) is 17.6. The van der Waals surface area contributed by atoms with Gasteiger partial charge in [0.05, 0.1) is 10.0 Å². The van der Waals surface area contributed by atoms with Crippen LogP contribution in [0, 0.1) is 5.92 Å². The standard InChI is InChI=1S/C20H20Cl2N2O/c21-18-8-6-15(12-19(18)22)7-9-20(25)23-13-16-10-11-24(14-16)17-4-2-1-3-5-17/h1-9,12,16H,10-11,13-14H2,(H,23,25)/b9-7+. The lowest BCUT2D eigenvalue weighted by atomic mass is 10.1. The SMILES string of the molecule is O=C(/C=C/c1ccc(Cl)c(Cl)c1)NCC1CCN(c2ccccc2)C1. The van der Waals surface area contributed by atoms with Crippen LogP contribution in [0.15, 0.2) is 54.6 Å². The van der Waals surface area contributed by atoms with Crippen molar-refractivity contribution >= 4 is 40.9 Å². The van der Waals surface area contributed by atoms with Gasteiger partial charge in [-0.15, -0.1) is 0 Å². The van der Waals surface area contributed by atoms with Gasteiger partial charge in [-0.3, -0.25) is 4.79 Å². The largest absolute Gasteiger partial charge is 0.371 e. The molecule has 0 spiro atoms. The van der Waals surface area contributed by atoms with Gasteiger partial charge in [0.2, 0.25) is 5.91 Å². The quantitative estimate of drug-likeness (QED) is 0.772. The molecule has 2 aromatic carbocycles. The van der Waals surface area contributed by atoms with E-state index < -0.39 is 0 Å². The van der Waals surface area contributed by atoms with E-state index in [-0.39, 0.29) is 5.91 Å². The van der Waals surface area contributed by atoms with Crippen LogP contribution in [0.5, 0.6) is 0 Å². The number of carbonyl (C=O) groups excluding carboxylic acids is 1.